The van der Waals surface area contributed by atoms with Crippen molar-refractivity contribution in [1.29, 1.82) is 0 Å². The Bertz CT molecular complexity index is 1690. The second kappa shape index (κ2) is 10.6. The Morgan fingerprint density at radius 1 is 1.05 bits per heavy atom. The standard InChI is InChI=1S/C27H18F6N2O5S/c28-19-8-17(10-20(13-19)40-26(29)30)15-4-5-24-23(11-15)35(14-21(39-24)9-16-6-7-34-25(16)36)41(37,38)22-3-1-2-18(12-22)27(31,32)33/h1-8,10-13,21,26H,9,14H2/t21-/m0/s1. The number of carbonyl (C=O) groups is 1. The molecule has 0 aliphatic carbocycles. The number of hydrogen-bond donors (Lipinski definition) is 0. The van der Waals surface area contributed by atoms with E-state index in [2.05, 4.69) is 9.73 Å². The molecule has 0 N–H and O–H groups in total. The van der Waals surface area contributed by atoms with Crippen molar-refractivity contribution in [2.24, 2.45) is 4.99 Å². The van der Waals surface area contributed by atoms with Crippen molar-refractivity contribution in [3.05, 3.63) is 83.7 Å². The highest BCUT2D eigenvalue weighted by Gasteiger charge is 2.38. The molecule has 0 unspecified atom stereocenters. The predicted molar refractivity (Wildman–Crippen MR) is 135 cm³/mol. The maximum Gasteiger partial charge on any atom is 0.416 e. The molecule has 2 heterocycles. The van der Waals surface area contributed by atoms with Gasteiger partial charge in [0.25, 0.3) is 15.9 Å². The number of halogens is 6. The first-order valence-electron chi connectivity index (χ1n) is 11.9. The lowest BCUT2D eigenvalue weighted by atomic mass is 10.0. The molecule has 0 aromatic heterocycles. The van der Waals surface area contributed by atoms with Gasteiger partial charge in [-0.05, 0) is 59.7 Å². The molecule has 0 bridgehead atoms. The molecule has 1 atom stereocenters. The van der Waals surface area contributed by atoms with E-state index in [9.17, 15) is 39.6 Å². The van der Waals surface area contributed by atoms with Crippen LogP contribution in [0.2, 0.25) is 0 Å². The van der Waals surface area contributed by atoms with E-state index in [4.69, 9.17) is 4.74 Å². The zero-order valence-electron chi connectivity index (χ0n) is 20.6. The number of aliphatic imine (C=N–C) groups is 1. The molecule has 2 aliphatic heterocycles. The summed E-state index contributed by atoms with van der Waals surface area (Å²) < 4.78 is 118. The number of anilines is 1. The lowest BCUT2D eigenvalue weighted by Crippen LogP contribution is -2.44. The van der Waals surface area contributed by atoms with E-state index >= 15 is 0 Å². The van der Waals surface area contributed by atoms with Gasteiger partial charge >= 0.3 is 12.8 Å². The molecule has 0 spiro atoms. The van der Waals surface area contributed by atoms with Gasteiger partial charge in [0.2, 0.25) is 0 Å². The average Bonchev–Trinajstić information content (AvgIpc) is 3.30. The number of ether oxygens (including phenoxy) is 2. The van der Waals surface area contributed by atoms with E-state index in [-0.39, 0.29) is 34.6 Å². The Kier molecular flexibility index (Phi) is 7.28. The molecule has 0 saturated heterocycles. The number of hydrogen-bond acceptors (Lipinski definition) is 5. The highest BCUT2D eigenvalue weighted by Crippen LogP contribution is 2.42. The van der Waals surface area contributed by atoms with Crippen molar-refractivity contribution in [2.75, 3.05) is 10.8 Å². The van der Waals surface area contributed by atoms with Crippen LogP contribution in [-0.2, 0) is 21.0 Å². The SMILES string of the molecule is O=C1N=CC=C1C[C@H]1CN(S(=O)(=O)c2cccc(C(F)(F)F)c2)c2cc(-c3cc(F)cc(OC(F)F)c3)ccc2O1. The van der Waals surface area contributed by atoms with Crippen LogP contribution in [0.25, 0.3) is 11.1 Å². The van der Waals surface area contributed by atoms with Gasteiger partial charge in [0.15, 0.2) is 0 Å². The van der Waals surface area contributed by atoms with Gasteiger partial charge in [-0.25, -0.2) is 17.8 Å². The molecule has 3 aromatic carbocycles. The van der Waals surface area contributed by atoms with Crippen molar-refractivity contribution in [3.63, 3.8) is 0 Å². The molecule has 1 amide bonds. The first kappa shape index (κ1) is 28.2. The maximum absolute atomic E-state index is 14.2. The van der Waals surface area contributed by atoms with Gasteiger partial charge < -0.3 is 9.47 Å². The van der Waals surface area contributed by atoms with Crippen LogP contribution in [0.4, 0.5) is 32.0 Å². The summed E-state index contributed by atoms with van der Waals surface area (Å²) >= 11 is 0. The largest absolute Gasteiger partial charge is 0.486 e. The Labute approximate surface area is 229 Å². The van der Waals surface area contributed by atoms with Crippen molar-refractivity contribution in [2.45, 2.75) is 30.2 Å². The second-order valence-electron chi connectivity index (χ2n) is 9.02. The predicted octanol–water partition coefficient (Wildman–Crippen LogP) is 6.00. The monoisotopic (exact) mass is 596 g/mol. The number of benzene rings is 3. The van der Waals surface area contributed by atoms with Crippen LogP contribution in [0, 0.1) is 5.82 Å². The van der Waals surface area contributed by atoms with Gasteiger partial charge in [-0.3, -0.25) is 9.10 Å². The highest BCUT2D eigenvalue weighted by molar-refractivity contribution is 7.92. The average molecular weight is 597 g/mol. The molecule has 0 saturated carbocycles. The first-order chi connectivity index (χ1) is 19.3. The highest BCUT2D eigenvalue weighted by atomic mass is 32.2. The van der Waals surface area contributed by atoms with Gasteiger partial charge in [0.05, 0.1) is 22.7 Å². The van der Waals surface area contributed by atoms with Crippen molar-refractivity contribution in [1.82, 2.24) is 0 Å². The number of sulfonamides is 1. The van der Waals surface area contributed by atoms with Crippen LogP contribution in [-0.4, -0.2) is 39.8 Å². The number of nitrogens with zero attached hydrogens (tertiary/aromatic N) is 2. The number of fused-ring (bicyclic) bond motifs is 1. The summed E-state index contributed by atoms with van der Waals surface area (Å²) in [7, 11) is -4.65. The molecule has 14 heteroatoms. The number of rotatable bonds is 7. The normalized spacial score (nSPS) is 17.0. The minimum absolute atomic E-state index is 0.00738. The summed E-state index contributed by atoms with van der Waals surface area (Å²) in [5.41, 5.74) is -0.795. The smallest absolute Gasteiger partial charge is 0.416 e. The van der Waals surface area contributed by atoms with E-state index in [0.29, 0.717) is 6.07 Å². The van der Waals surface area contributed by atoms with Crippen LogP contribution >= 0.6 is 0 Å². The lowest BCUT2D eigenvalue weighted by Gasteiger charge is -2.36. The Morgan fingerprint density at radius 2 is 1.83 bits per heavy atom. The zero-order valence-corrected chi connectivity index (χ0v) is 21.4. The Balaban J connectivity index is 1.59. The number of alkyl halides is 5. The molecule has 0 radical (unpaired) electrons. The maximum atomic E-state index is 14.2. The van der Waals surface area contributed by atoms with Crippen molar-refractivity contribution in [3.8, 4) is 22.6 Å². The van der Waals surface area contributed by atoms with Crippen LogP contribution < -0.4 is 13.8 Å². The number of carbonyl (C=O) groups excluding carboxylic acids is 1. The molecule has 5 rings (SSSR count). The van der Waals surface area contributed by atoms with Crippen LogP contribution in [0.5, 0.6) is 11.5 Å². The summed E-state index contributed by atoms with van der Waals surface area (Å²) in [6.07, 6.45) is -3.06. The fourth-order valence-electron chi connectivity index (χ4n) is 4.44. The minimum Gasteiger partial charge on any atom is -0.486 e. The van der Waals surface area contributed by atoms with E-state index in [1.54, 1.807) is 0 Å². The topological polar surface area (TPSA) is 85.3 Å². The summed E-state index contributed by atoms with van der Waals surface area (Å²) in [5, 5.41) is 0. The summed E-state index contributed by atoms with van der Waals surface area (Å²) in [5.74, 6) is -1.91. The molecule has 3 aromatic rings. The zero-order chi connectivity index (χ0) is 29.5. The Morgan fingerprint density at radius 3 is 2.51 bits per heavy atom. The lowest BCUT2D eigenvalue weighted by molar-refractivity contribution is -0.137. The first-order valence-corrected chi connectivity index (χ1v) is 13.3. The van der Waals surface area contributed by atoms with Gasteiger partial charge in [0, 0.05) is 24.3 Å². The van der Waals surface area contributed by atoms with Crippen LogP contribution in [0.3, 0.4) is 0 Å². The van der Waals surface area contributed by atoms with Gasteiger partial charge in [-0.15, -0.1) is 0 Å². The van der Waals surface area contributed by atoms with Crippen LogP contribution in [0.15, 0.2) is 82.2 Å². The van der Waals surface area contributed by atoms with Crippen LogP contribution in [0.1, 0.15) is 12.0 Å². The quantitative estimate of drug-likeness (QED) is 0.313. The van der Waals surface area contributed by atoms with E-state index < -0.39 is 63.4 Å². The van der Waals surface area contributed by atoms with Gasteiger partial charge in [-0.1, -0.05) is 12.1 Å². The summed E-state index contributed by atoms with van der Waals surface area (Å²) in [6.45, 7) is -3.62. The molecular weight excluding hydrogens is 578 g/mol. The molecule has 41 heavy (non-hydrogen) atoms. The van der Waals surface area contributed by atoms with Gasteiger partial charge in [-0.2, -0.15) is 22.0 Å². The fraction of sp³-hybridized carbons (Fsp3) is 0.185. The third-order valence-corrected chi connectivity index (χ3v) is 8.04. The summed E-state index contributed by atoms with van der Waals surface area (Å²) in [6, 6.07) is 10.1. The number of allylic oxidation sites excluding steroid dienone is 1. The molecular formula is C27H18F6N2O5S. The van der Waals surface area contributed by atoms with Crippen molar-refractivity contribution < 1.29 is 49.0 Å². The molecule has 214 valence electrons. The molecule has 0 fully saturated rings. The third-order valence-electron chi connectivity index (χ3n) is 6.26. The van der Waals surface area contributed by atoms with E-state index in [0.717, 1.165) is 40.7 Å². The van der Waals surface area contributed by atoms with E-state index in [1.165, 1.54) is 30.5 Å². The van der Waals surface area contributed by atoms with Gasteiger partial charge in [0.1, 0.15) is 23.4 Å². The second-order valence-corrected chi connectivity index (χ2v) is 10.9. The molecule has 2 aliphatic rings. The van der Waals surface area contributed by atoms with E-state index in [1.807, 2.05) is 0 Å². The summed E-state index contributed by atoms with van der Waals surface area (Å²) in [4.78, 5) is 15.0. The Hall–Kier alpha value is -4.33. The number of amides is 1. The third kappa shape index (κ3) is 5.92. The minimum atomic E-state index is -4.81. The molecule has 7 nitrogen and oxygen atoms in total. The fourth-order valence-corrected chi connectivity index (χ4v) is 5.98. The van der Waals surface area contributed by atoms with Crippen molar-refractivity contribution >= 4 is 27.8 Å².